The summed E-state index contributed by atoms with van der Waals surface area (Å²) in [5.41, 5.74) is 5.10. The van der Waals surface area contributed by atoms with Crippen molar-refractivity contribution < 1.29 is 13.2 Å². The molecule has 0 aliphatic rings. The normalized spacial score (nSPS) is 11.8. The summed E-state index contributed by atoms with van der Waals surface area (Å²) < 4.78 is 26.8. The number of nitrogens with two attached hydrogens (primary N) is 1. The zero-order chi connectivity index (χ0) is 8.74. The van der Waals surface area contributed by atoms with Gasteiger partial charge in [0, 0.05) is 13.2 Å². The van der Waals surface area contributed by atoms with Gasteiger partial charge in [-0.15, -0.1) is 0 Å². The topological polar surface area (TPSA) is 69.4 Å². The number of hydrogen-bond acceptors (Lipinski definition) is 4. The second kappa shape index (κ2) is 5.51. The Hall–Kier alpha value is -0.130. The highest BCUT2D eigenvalue weighted by molar-refractivity contribution is 7.91. The van der Waals surface area contributed by atoms with E-state index in [1.54, 1.807) is 0 Å². The summed E-state index contributed by atoms with van der Waals surface area (Å²) in [6, 6.07) is 0. The van der Waals surface area contributed by atoms with E-state index in [-0.39, 0.29) is 24.7 Å². The van der Waals surface area contributed by atoms with Crippen LogP contribution in [0.3, 0.4) is 0 Å². The van der Waals surface area contributed by atoms with Crippen LogP contribution in [-0.2, 0) is 14.6 Å². The van der Waals surface area contributed by atoms with Gasteiger partial charge in [-0.25, -0.2) is 8.42 Å². The second-order valence-electron chi connectivity index (χ2n) is 2.14. The van der Waals surface area contributed by atoms with Crippen LogP contribution >= 0.6 is 0 Å². The Balaban J connectivity index is 3.56. The Morgan fingerprint density at radius 2 is 2.00 bits per heavy atom. The lowest BCUT2D eigenvalue weighted by atomic mass is 10.8. The number of hydrogen-bond donors (Lipinski definition) is 1. The highest BCUT2D eigenvalue weighted by Gasteiger charge is 2.07. The zero-order valence-electron chi connectivity index (χ0n) is 6.75. The van der Waals surface area contributed by atoms with Crippen LogP contribution in [0.15, 0.2) is 0 Å². The van der Waals surface area contributed by atoms with Gasteiger partial charge in [0.2, 0.25) is 0 Å². The summed E-state index contributed by atoms with van der Waals surface area (Å²) in [7, 11) is -2.95. The van der Waals surface area contributed by atoms with E-state index in [4.69, 9.17) is 10.5 Å². The minimum absolute atomic E-state index is 0.0556. The van der Waals surface area contributed by atoms with Gasteiger partial charge in [0.05, 0.1) is 18.1 Å². The van der Waals surface area contributed by atoms with E-state index in [1.165, 1.54) is 0 Å². The van der Waals surface area contributed by atoms with Crippen LogP contribution in [-0.4, -0.2) is 39.7 Å². The van der Waals surface area contributed by atoms with E-state index < -0.39 is 9.84 Å². The minimum Gasteiger partial charge on any atom is -0.381 e. The largest absolute Gasteiger partial charge is 0.381 e. The molecule has 5 heteroatoms. The molecule has 0 heterocycles. The third-order valence-corrected chi connectivity index (χ3v) is 2.82. The molecule has 4 nitrogen and oxygen atoms in total. The average molecular weight is 181 g/mol. The number of sulfone groups is 1. The quantitative estimate of drug-likeness (QED) is 0.555. The number of ether oxygens (including phenoxy) is 1. The maximum Gasteiger partial charge on any atom is 0.153 e. The first-order valence-corrected chi connectivity index (χ1v) is 5.42. The van der Waals surface area contributed by atoms with Crippen LogP contribution in [0.4, 0.5) is 0 Å². The molecule has 0 aliphatic heterocycles. The molecule has 0 saturated carbocycles. The SMILES string of the molecule is CCOCCS(=O)(=O)CCN. The highest BCUT2D eigenvalue weighted by Crippen LogP contribution is 1.88. The molecule has 0 saturated heterocycles. The molecule has 0 radical (unpaired) electrons. The van der Waals surface area contributed by atoms with Crippen molar-refractivity contribution in [3.05, 3.63) is 0 Å². The Morgan fingerprint density at radius 1 is 1.36 bits per heavy atom. The summed E-state index contributed by atoms with van der Waals surface area (Å²) in [6.07, 6.45) is 0. The summed E-state index contributed by atoms with van der Waals surface area (Å²) in [4.78, 5) is 0. The smallest absolute Gasteiger partial charge is 0.153 e. The van der Waals surface area contributed by atoms with E-state index in [0.717, 1.165) is 0 Å². The Morgan fingerprint density at radius 3 is 2.45 bits per heavy atom. The molecule has 0 aromatic heterocycles. The van der Waals surface area contributed by atoms with Gasteiger partial charge in [0.15, 0.2) is 9.84 Å². The molecule has 0 bridgehead atoms. The highest BCUT2D eigenvalue weighted by atomic mass is 32.2. The summed E-state index contributed by atoms with van der Waals surface area (Å²) in [6.45, 7) is 2.85. The van der Waals surface area contributed by atoms with Crippen LogP contribution in [0.1, 0.15) is 6.92 Å². The van der Waals surface area contributed by atoms with E-state index >= 15 is 0 Å². The van der Waals surface area contributed by atoms with Crippen molar-refractivity contribution in [1.82, 2.24) is 0 Å². The van der Waals surface area contributed by atoms with E-state index in [0.29, 0.717) is 6.61 Å². The Bertz CT molecular complexity index is 176. The van der Waals surface area contributed by atoms with Crippen molar-refractivity contribution in [3.8, 4) is 0 Å². The monoisotopic (exact) mass is 181 g/mol. The molecule has 11 heavy (non-hydrogen) atoms. The second-order valence-corrected chi connectivity index (χ2v) is 4.44. The third kappa shape index (κ3) is 6.28. The summed E-state index contributed by atoms with van der Waals surface area (Å²) >= 11 is 0. The summed E-state index contributed by atoms with van der Waals surface area (Å²) in [5.74, 6) is 0.137. The van der Waals surface area contributed by atoms with Gasteiger partial charge in [-0.3, -0.25) is 0 Å². The fourth-order valence-corrected chi connectivity index (χ4v) is 1.55. The van der Waals surface area contributed by atoms with Gasteiger partial charge >= 0.3 is 0 Å². The maximum atomic E-state index is 10.9. The van der Waals surface area contributed by atoms with Gasteiger partial charge in [-0.05, 0) is 6.92 Å². The summed E-state index contributed by atoms with van der Waals surface area (Å²) in [5, 5.41) is 0. The number of rotatable bonds is 6. The van der Waals surface area contributed by atoms with Crippen molar-refractivity contribution >= 4 is 9.84 Å². The molecule has 2 N–H and O–H groups in total. The molecule has 0 aromatic rings. The van der Waals surface area contributed by atoms with Crippen molar-refractivity contribution in [2.75, 3.05) is 31.3 Å². The van der Waals surface area contributed by atoms with Crippen molar-refractivity contribution in [3.63, 3.8) is 0 Å². The van der Waals surface area contributed by atoms with Crippen LogP contribution in [0.5, 0.6) is 0 Å². The fourth-order valence-electron chi connectivity index (χ4n) is 0.612. The van der Waals surface area contributed by atoms with E-state index in [2.05, 4.69) is 0 Å². The first-order chi connectivity index (χ1) is 5.12. The van der Waals surface area contributed by atoms with Crippen molar-refractivity contribution in [1.29, 1.82) is 0 Å². The zero-order valence-corrected chi connectivity index (χ0v) is 7.56. The molecule has 0 aromatic carbocycles. The third-order valence-electron chi connectivity index (χ3n) is 1.17. The Labute approximate surface area is 67.6 Å². The average Bonchev–Trinajstić information content (AvgIpc) is 1.87. The molecule has 0 rings (SSSR count). The van der Waals surface area contributed by atoms with Gasteiger partial charge in [-0.1, -0.05) is 0 Å². The lowest BCUT2D eigenvalue weighted by Crippen LogP contribution is -2.21. The lowest BCUT2D eigenvalue weighted by Gasteiger charge is -2.01. The van der Waals surface area contributed by atoms with E-state index in [1.807, 2.05) is 6.92 Å². The minimum atomic E-state index is -2.95. The molecule has 0 atom stereocenters. The predicted octanol–water partition coefficient (Wildman–Crippen LogP) is -0.604. The molecule has 0 spiro atoms. The van der Waals surface area contributed by atoms with E-state index in [9.17, 15) is 8.42 Å². The van der Waals surface area contributed by atoms with Crippen LogP contribution < -0.4 is 5.73 Å². The van der Waals surface area contributed by atoms with Gasteiger partial charge in [-0.2, -0.15) is 0 Å². The first kappa shape index (κ1) is 10.9. The van der Waals surface area contributed by atoms with Crippen LogP contribution in [0.2, 0.25) is 0 Å². The van der Waals surface area contributed by atoms with Crippen LogP contribution in [0.25, 0.3) is 0 Å². The first-order valence-electron chi connectivity index (χ1n) is 3.60. The van der Waals surface area contributed by atoms with Gasteiger partial charge < -0.3 is 10.5 Å². The van der Waals surface area contributed by atoms with Gasteiger partial charge in [0.25, 0.3) is 0 Å². The maximum absolute atomic E-state index is 10.9. The molecule has 68 valence electrons. The van der Waals surface area contributed by atoms with Gasteiger partial charge in [0.1, 0.15) is 0 Å². The van der Waals surface area contributed by atoms with Crippen LogP contribution in [0, 0.1) is 0 Å². The lowest BCUT2D eigenvalue weighted by molar-refractivity contribution is 0.163. The molecule has 0 unspecified atom stereocenters. The molecular weight excluding hydrogens is 166 g/mol. The molecular formula is C6H15NO3S. The van der Waals surface area contributed by atoms with Crippen molar-refractivity contribution in [2.45, 2.75) is 6.92 Å². The molecule has 0 fully saturated rings. The standard InChI is InChI=1S/C6H15NO3S/c1-2-10-4-6-11(8,9)5-3-7/h2-7H2,1H3. The Kier molecular flexibility index (Phi) is 5.45. The fraction of sp³-hybridized carbons (Fsp3) is 1.00. The molecule has 0 amide bonds. The van der Waals surface area contributed by atoms with Crippen molar-refractivity contribution in [2.24, 2.45) is 5.73 Å². The molecule has 0 aliphatic carbocycles. The predicted molar refractivity (Wildman–Crippen MR) is 44.2 cm³/mol.